The summed E-state index contributed by atoms with van der Waals surface area (Å²) in [5, 5.41) is 26.9. The van der Waals surface area contributed by atoms with Gasteiger partial charge in [-0.3, -0.25) is 9.79 Å². The van der Waals surface area contributed by atoms with Crippen LogP contribution in [-0.2, 0) is 18.6 Å². The van der Waals surface area contributed by atoms with E-state index < -0.39 is 44.1 Å². The molecule has 0 amide bonds. The SMILES string of the molecule is O=C1O[C@H]([C@@H](O)CO)C(O)=C1OP(=O)(O)O.[Ca+2].[Na+]. The van der Waals surface area contributed by atoms with Gasteiger partial charge in [0.1, 0.15) is 6.10 Å². The number of cyclic esters (lactones) is 1. The molecule has 0 unspecified atom stereocenters. The summed E-state index contributed by atoms with van der Waals surface area (Å²) in [7, 11) is -5.02. The number of ether oxygens (including phenoxy) is 1. The van der Waals surface area contributed by atoms with Crippen molar-refractivity contribution in [3.8, 4) is 0 Å². The Morgan fingerprint density at radius 1 is 1.44 bits per heavy atom. The minimum Gasteiger partial charge on any atom is -0.505 e. The van der Waals surface area contributed by atoms with Crippen LogP contribution in [-0.4, -0.2) is 87.6 Å². The van der Waals surface area contributed by atoms with Crippen LogP contribution in [0.5, 0.6) is 0 Å². The van der Waals surface area contributed by atoms with Crippen molar-refractivity contribution in [1.82, 2.24) is 0 Å². The third-order valence-electron chi connectivity index (χ3n) is 1.67. The molecule has 0 aromatic carbocycles. The topological polar surface area (TPSA) is 154 Å². The van der Waals surface area contributed by atoms with Crippen LogP contribution in [0.4, 0.5) is 0 Å². The molecule has 1 aliphatic rings. The van der Waals surface area contributed by atoms with Crippen LogP contribution in [0.3, 0.4) is 0 Å². The Balaban J connectivity index is 0. The van der Waals surface area contributed by atoms with Crippen LogP contribution in [0.1, 0.15) is 0 Å². The Bertz CT molecular complexity index is 379. The van der Waals surface area contributed by atoms with Gasteiger partial charge < -0.3 is 24.6 Å². The number of phosphoric ester groups is 1. The van der Waals surface area contributed by atoms with E-state index in [9.17, 15) is 14.5 Å². The minimum atomic E-state index is -5.02. The van der Waals surface area contributed by atoms with Crippen molar-refractivity contribution >= 4 is 51.5 Å². The molecular formula is C6H9CaNaO9P+3. The van der Waals surface area contributed by atoms with Crippen molar-refractivity contribution in [3.05, 3.63) is 11.5 Å². The summed E-state index contributed by atoms with van der Waals surface area (Å²) >= 11 is 0. The van der Waals surface area contributed by atoms with Crippen LogP contribution >= 0.6 is 7.82 Å². The standard InChI is InChI=1S/C6H9O9P.Ca.Na/c7-1-2(8)4-3(9)5(6(10)14-4)15-16(11,12)13;;/h2,4,7-9H,1H2,(H2,11,12,13);;/q;+2;+1/t2-,4+;;/m0../s1. The van der Waals surface area contributed by atoms with E-state index in [1.807, 2.05) is 0 Å². The van der Waals surface area contributed by atoms with Gasteiger partial charge >= 0.3 is 81.1 Å². The van der Waals surface area contributed by atoms with Crippen LogP contribution < -0.4 is 29.6 Å². The van der Waals surface area contributed by atoms with Gasteiger partial charge in [0.05, 0.1) is 6.61 Å². The predicted octanol–water partition coefficient (Wildman–Crippen LogP) is -5.23. The van der Waals surface area contributed by atoms with Gasteiger partial charge in [-0.05, 0) is 0 Å². The monoisotopic (exact) mass is 319 g/mol. The molecule has 0 saturated heterocycles. The zero-order valence-corrected chi connectivity index (χ0v) is 14.5. The maximum atomic E-state index is 11.0. The first-order valence-corrected chi connectivity index (χ1v) is 5.47. The number of aliphatic hydroxyl groups excluding tert-OH is 3. The summed E-state index contributed by atoms with van der Waals surface area (Å²) in [4.78, 5) is 27.8. The van der Waals surface area contributed by atoms with Crippen molar-refractivity contribution in [2.45, 2.75) is 12.2 Å². The number of hydrogen-bond acceptors (Lipinski definition) is 7. The maximum absolute atomic E-state index is 11.0. The third-order valence-corrected chi connectivity index (χ3v) is 2.09. The number of esters is 1. The fourth-order valence-corrected chi connectivity index (χ4v) is 1.42. The molecule has 5 N–H and O–H groups in total. The molecule has 1 rings (SSSR count). The van der Waals surface area contributed by atoms with Crippen LogP contribution in [0.2, 0.25) is 0 Å². The fraction of sp³-hybridized carbons (Fsp3) is 0.500. The number of rotatable bonds is 4. The Hall–Kier alpha value is 1.14. The molecular weight excluding hydrogens is 310 g/mol. The summed E-state index contributed by atoms with van der Waals surface area (Å²) in [6.07, 6.45) is -3.21. The number of aliphatic hydroxyl groups is 3. The van der Waals surface area contributed by atoms with E-state index in [0.717, 1.165) is 0 Å². The first-order chi connectivity index (χ1) is 7.26. The normalized spacial score (nSPS) is 20.7. The van der Waals surface area contributed by atoms with Crippen molar-refractivity contribution in [1.29, 1.82) is 0 Å². The summed E-state index contributed by atoms with van der Waals surface area (Å²) in [6, 6.07) is 0. The first kappa shape index (κ1) is 21.4. The van der Waals surface area contributed by atoms with Crippen LogP contribution in [0.25, 0.3) is 0 Å². The Kier molecular flexibility index (Phi) is 10.0. The van der Waals surface area contributed by atoms with E-state index >= 15 is 0 Å². The van der Waals surface area contributed by atoms with E-state index in [0.29, 0.717) is 0 Å². The van der Waals surface area contributed by atoms with Crippen LogP contribution in [0.15, 0.2) is 11.5 Å². The van der Waals surface area contributed by atoms with Crippen molar-refractivity contribution in [2.75, 3.05) is 6.61 Å². The van der Waals surface area contributed by atoms with Gasteiger partial charge in [-0.15, -0.1) is 0 Å². The summed E-state index contributed by atoms with van der Waals surface area (Å²) in [5.74, 6) is -3.39. The number of hydrogen-bond donors (Lipinski definition) is 5. The largest absolute Gasteiger partial charge is 2.00 e. The minimum absolute atomic E-state index is 0. The number of carbonyl (C=O) groups is 1. The van der Waals surface area contributed by atoms with Crippen LogP contribution in [0, 0.1) is 0 Å². The van der Waals surface area contributed by atoms with Crippen molar-refractivity contribution in [3.63, 3.8) is 0 Å². The molecule has 92 valence electrons. The van der Waals surface area contributed by atoms with Crippen molar-refractivity contribution in [2.24, 2.45) is 0 Å². The Labute approximate surface area is 153 Å². The van der Waals surface area contributed by atoms with Gasteiger partial charge in [0, 0.05) is 0 Å². The molecule has 0 aromatic rings. The zero-order chi connectivity index (χ0) is 12.5. The molecule has 1 heterocycles. The van der Waals surface area contributed by atoms with Gasteiger partial charge in [-0.25, -0.2) is 9.36 Å². The van der Waals surface area contributed by atoms with E-state index in [1.54, 1.807) is 0 Å². The fourth-order valence-electron chi connectivity index (χ4n) is 1.02. The van der Waals surface area contributed by atoms with Gasteiger partial charge in [-0.1, -0.05) is 0 Å². The molecule has 0 spiro atoms. The Morgan fingerprint density at radius 2 is 1.94 bits per heavy atom. The molecule has 0 aromatic heterocycles. The quantitative estimate of drug-likeness (QED) is 0.194. The number of phosphoric acid groups is 1. The second kappa shape index (κ2) is 8.43. The molecule has 12 heteroatoms. The molecule has 0 fully saturated rings. The molecule has 0 aliphatic carbocycles. The summed E-state index contributed by atoms with van der Waals surface area (Å²) in [5.41, 5.74) is 0. The molecule has 18 heavy (non-hydrogen) atoms. The first-order valence-electron chi connectivity index (χ1n) is 3.94. The maximum Gasteiger partial charge on any atom is 2.00 e. The van der Waals surface area contributed by atoms with Gasteiger partial charge in [0.15, 0.2) is 11.9 Å². The van der Waals surface area contributed by atoms with E-state index in [-0.39, 0.29) is 67.3 Å². The average molecular weight is 319 g/mol. The van der Waals surface area contributed by atoms with E-state index in [2.05, 4.69) is 9.26 Å². The van der Waals surface area contributed by atoms with Gasteiger partial charge in [0.25, 0.3) is 5.76 Å². The molecule has 9 nitrogen and oxygen atoms in total. The second-order valence-corrected chi connectivity index (χ2v) is 4.04. The van der Waals surface area contributed by atoms with Gasteiger partial charge in [-0.2, -0.15) is 0 Å². The van der Waals surface area contributed by atoms with Crippen molar-refractivity contribution < 1.29 is 73.3 Å². The molecule has 2 atom stereocenters. The smallest absolute Gasteiger partial charge is 0.505 e. The molecule has 0 bridgehead atoms. The molecule has 0 saturated carbocycles. The second-order valence-electron chi connectivity index (χ2n) is 2.87. The number of carbonyl (C=O) groups excluding carboxylic acids is 1. The predicted molar refractivity (Wildman–Crippen MR) is 51.5 cm³/mol. The average Bonchev–Trinajstić information content (AvgIpc) is 2.42. The van der Waals surface area contributed by atoms with Gasteiger partial charge in [0.2, 0.25) is 0 Å². The van der Waals surface area contributed by atoms with E-state index in [4.69, 9.17) is 20.0 Å². The molecule has 0 radical (unpaired) electrons. The Morgan fingerprint density at radius 3 is 2.33 bits per heavy atom. The molecule has 1 aliphatic heterocycles. The summed E-state index contributed by atoms with van der Waals surface area (Å²) < 4.78 is 18.7. The third kappa shape index (κ3) is 5.64. The van der Waals surface area contributed by atoms with E-state index in [1.165, 1.54) is 0 Å². The summed E-state index contributed by atoms with van der Waals surface area (Å²) in [6.45, 7) is -0.814. The zero-order valence-electron chi connectivity index (χ0n) is 9.39.